The quantitative estimate of drug-likeness (QED) is 0.890. The average molecular weight is 361 g/mol. The van der Waals surface area contributed by atoms with Crippen LogP contribution >= 0.6 is 11.6 Å². The SMILES string of the molecule is O=C(Cc1ccc(Cl)cc1)NCC1CC(=O)N(c2ccc(F)cc2)C1. The lowest BCUT2D eigenvalue weighted by molar-refractivity contribution is -0.121. The van der Waals surface area contributed by atoms with Crippen LogP contribution in [0.5, 0.6) is 0 Å². The van der Waals surface area contributed by atoms with Crippen LogP contribution in [0.1, 0.15) is 12.0 Å². The Morgan fingerprint density at radius 1 is 1.16 bits per heavy atom. The van der Waals surface area contributed by atoms with Crippen molar-refractivity contribution in [2.75, 3.05) is 18.0 Å². The van der Waals surface area contributed by atoms with Crippen molar-refractivity contribution in [2.45, 2.75) is 12.8 Å². The molecule has 0 bridgehead atoms. The fourth-order valence-corrected chi connectivity index (χ4v) is 3.02. The molecule has 130 valence electrons. The smallest absolute Gasteiger partial charge is 0.227 e. The molecule has 2 aromatic carbocycles. The topological polar surface area (TPSA) is 49.4 Å². The fourth-order valence-electron chi connectivity index (χ4n) is 2.90. The summed E-state index contributed by atoms with van der Waals surface area (Å²) in [5.41, 5.74) is 1.57. The number of hydrogen-bond acceptors (Lipinski definition) is 2. The van der Waals surface area contributed by atoms with Gasteiger partial charge in [-0.2, -0.15) is 0 Å². The summed E-state index contributed by atoms with van der Waals surface area (Å²) in [4.78, 5) is 25.8. The molecule has 1 aliphatic rings. The van der Waals surface area contributed by atoms with Crippen LogP contribution < -0.4 is 10.2 Å². The van der Waals surface area contributed by atoms with Gasteiger partial charge in [0.05, 0.1) is 6.42 Å². The molecule has 25 heavy (non-hydrogen) atoms. The maximum atomic E-state index is 13.0. The van der Waals surface area contributed by atoms with E-state index in [0.717, 1.165) is 5.56 Å². The Bertz CT molecular complexity index is 762. The zero-order chi connectivity index (χ0) is 17.8. The van der Waals surface area contributed by atoms with Gasteiger partial charge in [-0.15, -0.1) is 0 Å². The highest BCUT2D eigenvalue weighted by atomic mass is 35.5. The van der Waals surface area contributed by atoms with Gasteiger partial charge in [-0.05, 0) is 42.0 Å². The fraction of sp³-hybridized carbons (Fsp3) is 0.263. The van der Waals surface area contributed by atoms with Crippen LogP contribution in [0.25, 0.3) is 0 Å². The highest BCUT2D eigenvalue weighted by Gasteiger charge is 2.30. The molecule has 3 rings (SSSR count). The lowest BCUT2D eigenvalue weighted by atomic mass is 10.1. The van der Waals surface area contributed by atoms with Crippen molar-refractivity contribution in [1.29, 1.82) is 0 Å². The lowest BCUT2D eigenvalue weighted by Crippen LogP contribution is -2.32. The number of nitrogens with zero attached hydrogens (tertiary/aromatic N) is 1. The van der Waals surface area contributed by atoms with Gasteiger partial charge in [0.2, 0.25) is 11.8 Å². The second kappa shape index (κ2) is 7.66. The molecule has 1 heterocycles. The number of rotatable bonds is 5. The number of hydrogen-bond donors (Lipinski definition) is 1. The van der Waals surface area contributed by atoms with Gasteiger partial charge < -0.3 is 10.2 Å². The van der Waals surface area contributed by atoms with Gasteiger partial charge in [0.1, 0.15) is 5.82 Å². The minimum Gasteiger partial charge on any atom is -0.355 e. The van der Waals surface area contributed by atoms with E-state index < -0.39 is 0 Å². The van der Waals surface area contributed by atoms with Crippen LogP contribution in [-0.2, 0) is 16.0 Å². The van der Waals surface area contributed by atoms with Gasteiger partial charge in [0.15, 0.2) is 0 Å². The van der Waals surface area contributed by atoms with E-state index in [0.29, 0.717) is 30.2 Å². The monoisotopic (exact) mass is 360 g/mol. The molecular weight excluding hydrogens is 343 g/mol. The molecule has 1 aliphatic heterocycles. The number of halogens is 2. The molecule has 6 heteroatoms. The molecule has 0 spiro atoms. The molecule has 1 fully saturated rings. The third-order valence-corrected chi connectivity index (χ3v) is 4.46. The molecule has 2 amide bonds. The molecule has 1 atom stereocenters. The van der Waals surface area contributed by atoms with Crippen LogP contribution in [0.2, 0.25) is 5.02 Å². The molecule has 1 N–H and O–H groups in total. The van der Waals surface area contributed by atoms with Crippen LogP contribution in [0, 0.1) is 11.7 Å². The Balaban J connectivity index is 1.50. The highest BCUT2D eigenvalue weighted by Crippen LogP contribution is 2.24. The van der Waals surface area contributed by atoms with Gasteiger partial charge in [0, 0.05) is 36.1 Å². The first-order valence-corrected chi connectivity index (χ1v) is 8.46. The number of anilines is 1. The van der Waals surface area contributed by atoms with Crippen molar-refractivity contribution >= 4 is 29.1 Å². The molecule has 1 saturated heterocycles. The molecular formula is C19H18ClFN2O2. The van der Waals surface area contributed by atoms with Gasteiger partial charge in [-0.3, -0.25) is 9.59 Å². The number of nitrogens with one attached hydrogen (secondary N) is 1. The largest absolute Gasteiger partial charge is 0.355 e. The normalized spacial score (nSPS) is 17.0. The zero-order valence-electron chi connectivity index (χ0n) is 13.5. The molecule has 1 unspecified atom stereocenters. The standard InChI is InChI=1S/C19H18ClFN2O2/c20-15-3-1-13(2-4-15)9-18(24)22-11-14-10-19(25)23(12-14)17-7-5-16(21)6-8-17/h1-8,14H,9-12H2,(H,22,24). The van der Waals surface area contributed by atoms with Crippen LogP contribution in [0.4, 0.5) is 10.1 Å². The maximum absolute atomic E-state index is 13.0. The Morgan fingerprint density at radius 3 is 2.52 bits per heavy atom. The van der Waals surface area contributed by atoms with E-state index in [2.05, 4.69) is 5.32 Å². The molecule has 4 nitrogen and oxygen atoms in total. The number of carbonyl (C=O) groups is 2. The molecule has 2 aromatic rings. The van der Waals surface area contributed by atoms with Crippen molar-refractivity contribution in [1.82, 2.24) is 5.32 Å². The van der Waals surface area contributed by atoms with Crippen molar-refractivity contribution in [3.63, 3.8) is 0 Å². The predicted octanol–water partition coefficient (Wildman–Crippen LogP) is 3.19. The zero-order valence-corrected chi connectivity index (χ0v) is 14.3. The third kappa shape index (κ3) is 4.57. The van der Waals surface area contributed by atoms with Gasteiger partial charge >= 0.3 is 0 Å². The third-order valence-electron chi connectivity index (χ3n) is 4.21. The number of benzene rings is 2. The molecule has 0 saturated carbocycles. The van der Waals surface area contributed by atoms with Crippen molar-refractivity contribution in [3.05, 3.63) is 64.9 Å². The summed E-state index contributed by atoms with van der Waals surface area (Å²) in [6.07, 6.45) is 0.651. The first kappa shape index (κ1) is 17.4. The van der Waals surface area contributed by atoms with Crippen LogP contribution in [0.3, 0.4) is 0 Å². The van der Waals surface area contributed by atoms with Crippen molar-refractivity contribution in [2.24, 2.45) is 5.92 Å². The predicted molar refractivity (Wildman–Crippen MR) is 95.0 cm³/mol. The minimum absolute atomic E-state index is 0.0106. The summed E-state index contributed by atoms with van der Waals surface area (Å²) >= 11 is 5.82. The number of carbonyl (C=O) groups excluding carboxylic acids is 2. The van der Waals surface area contributed by atoms with Crippen LogP contribution in [0.15, 0.2) is 48.5 Å². The van der Waals surface area contributed by atoms with Gasteiger partial charge in [0.25, 0.3) is 0 Å². The lowest BCUT2D eigenvalue weighted by Gasteiger charge is -2.17. The molecule has 0 radical (unpaired) electrons. The maximum Gasteiger partial charge on any atom is 0.227 e. The molecule has 0 aromatic heterocycles. The summed E-state index contributed by atoms with van der Waals surface area (Å²) < 4.78 is 13.0. The van der Waals surface area contributed by atoms with Gasteiger partial charge in [-0.25, -0.2) is 4.39 Å². The van der Waals surface area contributed by atoms with Gasteiger partial charge in [-0.1, -0.05) is 23.7 Å². The van der Waals surface area contributed by atoms with E-state index >= 15 is 0 Å². The Labute approximate surface area is 150 Å². The highest BCUT2D eigenvalue weighted by molar-refractivity contribution is 6.30. The summed E-state index contributed by atoms with van der Waals surface area (Å²) in [6, 6.07) is 13.0. The summed E-state index contributed by atoms with van der Waals surface area (Å²) in [5.74, 6) is -0.383. The first-order valence-electron chi connectivity index (χ1n) is 8.08. The summed E-state index contributed by atoms with van der Waals surface area (Å²) in [5, 5.41) is 3.51. The van der Waals surface area contributed by atoms with E-state index in [1.54, 1.807) is 29.2 Å². The van der Waals surface area contributed by atoms with E-state index in [4.69, 9.17) is 11.6 Å². The second-order valence-electron chi connectivity index (χ2n) is 6.16. The van der Waals surface area contributed by atoms with Crippen molar-refractivity contribution < 1.29 is 14.0 Å². The Kier molecular flexibility index (Phi) is 5.34. The average Bonchev–Trinajstić information content (AvgIpc) is 2.97. The first-order chi connectivity index (χ1) is 12.0. The van der Waals surface area contributed by atoms with E-state index in [1.165, 1.54) is 12.1 Å². The Morgan fingerprint density at radius 2 is 1.84 bits per heavy atom. The summed E-state index contributed by atoms with van der Waals surface area (Å²) in [6.45, 7) is 0.960. The Hall–Kier alpha value is -2.40. The van der Waals surface area contributed by atoms with E-state index in [1.807, 2.05) is 12.1 Å². The molecule has 0 aliphatic carbocycles. The van der Waals surface area contributed by atoms with Crippen molar-refractivity contribution in [3.8, 4) is 0 Å². The van der Waals surface area contributed by atoms with Crippen LogP contribution in [-0.4, -0.2) is 24.9 Å². The number of amides is 2. The minimum atomic E-state index is -0.332. The van der Waals surface area contributed by atoms with E-state index in [9.17, 15) is 14.0 Å². The summed E-state index contributed by atoms with van der Waals surface area (Å²) in [7, 11) is 0. The second-order valence-corrected chi connectivity index (χ2v) is 6.59. The van der Waals surface area contributed by atoms with E-state index in [-0.39, 0.29) is 30.0 Å².